The Morgan fingerprint density at radius 3 is 2.67 bits per heavy atom. The van der Waals surface area contributed by atoms with Crippen LogP contribution in [0.25, 0.3) is 10.6 Å². The summed E-state index contributed by atoms with van der Waals surface area (Å²) in [6.45, 7) is 2.40. The summed E-state index contributed by atoms with van der Waals surface area (Å²) in [4.78, 5) is 8.61. The molecule has 0 spiro atoms. The van der Waals surface area contributed by atoms with Gasteiger partial charge in [-0.15, -0.1) is 11.3 Å². The zero-order valence-corrected chi connectivity index (χ0v) is 12.4. The topological polar surface area (TPSA) is 58.0 Å². The Morgan fingerprint density at radius 2 is 1.95 bits per heavy atom. The number of aryl methyl sites for hydroxylation is 1. The second-order valence-corrected chi connectivity index (χ2v) is 5.58. The average molecular weight is 297 g/mol. The molecule has 2 heterocycles. The smallest absolute Gasteiger partial charge is 0.138 e. The number of aromatic hydroxyl groups is 1. The number of rotatable bonds is 4. The Hall–Kier alpha value is -2.40. The molecule has 21 heavy (non-hydrogen) atoms. The van der Waals surface area contributed by atoms with Gasteiger partial charge >= 0.3 is 0 Å². The van der Waals surface area contributed by atoms with E-state index in [1.54, 1.807) is 29.7 Å². The average Bonchev–Trinajstić information content (AvgIpc) is 3.03. The zero-order chi connectivity index (χ0) is 14.7. The van der Waals surface area contributed by atoms with E-state index >= 15 is 0 Å². The van der Waals surface area contributed by atoms with Crippen molar-refractivity contribution in [3.63, 3.8) is 0 Å². The fraction of sp³-hybridized carbons (Fsp3) is 0.125. The van der Waals surface area contributed by atoms with Gasteiger partial charge in [0.25, 0.3) is 0 Å². The molecular weight excluding hydrogens is 282 g/mol. The maximum Gasteiger partial charge on any atom is 0.138 e. The lowest BCUT2D eigenvalue weighted by atomic mass is 10.2. The second-order valence-electron chi connectivity index (χ2n) is 4.69. The molecule has 5 heteroatoms. The van der Waals surface area contributed by atoms with Gasteiger partial charge in [0.15, 0.2) is 0 Å². The van der Waals surface area contributed by atoms with Crippen LogP contribution in [0.1, 0.15) is 11.4 Å². The normalized spacial score (nSPS) is 10.5. The molecule has 0 unspecified atom stereocenters. The summed E-state index contributed by atoms with van der Waals surface area (Å²) in [6, 6.07) is 11.5. The molecule has 0 aliphatic rings. The molecule has 0 aliphatic carbocycles. The molecule has 3 aromatic rings. The van der Waals surface area contributed by atoms with Crippen LogP contribution in [-0.2, 0) is 6.54 Å². The molecule has 0 fully saturated rings. The quantitative estimate of drug-likeness (QED) is 0.768. The van der Waals surface area contributed by atoms with Crippen molar-refractivity contribution in [3.05, 3.63) is 59.4 Å². The second kappa shape index (κ2) is 5.93. The van der Waals surface area contributed by atoms with E-state index in [2.05, 4.69) is 15.3 Å². The lowest BCUT2D eigenvalue weighted by molar-refractivity contribution is 0.464. The van der Waals surface area contributed by atoms with Gasteiger partial charge in [-0.05, 0) is 43.3 Å². The number of nitrogens with one attached hydrogen (secondary N) is 1. The third-order valence-corrected chi connectivity index (χ3v) is 3.94. The van der Waals surface area contributed by atoms with Gasteiger partial charge in [-0.3, -0.25) is 4.98 Å². The van der Waals surface area contributed by atoms with E-state index in [1.165, 1.54) is 0 Å². The number of thiazole rings is 1. The predicted octanol–water partition coefficient (Wildman–Crippen LogP) is 3.83. The van der Waals surface area contributed by atoms with Gasteiger partial charge in [-0.1, -0.05) is 0 Å². The third kappa shape index (κ3) is 3.20. The highest BCUT2D eigenvalue weighted by molar-refractivity contribution is 7.13. The number of pyridine rings is 1. The van der Waals surface area contributed by atoms with Gasteiger partial charge in [0, 0.05) is 28.5 Å². The van der Waals surface area contributed by atoms with Crippen molar-refractivity contribution in [2.45, 2.75) is 13.5 Å². The van der Waals surface area contributed by atoms with Crippen LogP contribution in [0.15, 0.2) is 48.0 Å². The van der Waals surface area contributed by atoms with Crippen LogP contribution in [0.5, 0.6) is 5.75 Å². The number of nitrogens with zero attached hydrogens (tertiary/aromatic N) is 2. The van der Waals surface area contributed by atoms with Crippen LogP contribution in [0.2, 0.25) is 0 Å². The van der Waals surface area contributed by atoms with E-state index < -0.39 is 0 Å². The summed E-state index contributed by atoms with van der Waals surface area (Å²) in [5.41, 5.74) is 3.63. The molecule has 1 aromatic carbocycles. The number of anilines is 1. The first-order chi connectivity index (χ1) is 10.2. The van der Waals surface area contributed by atoms with Crippen LogP contribution in [0.3, 0.4) is 0 Å². The molecule has 0 aliphatic heterocycles. The summed E-state index contributed by atoms with van der Waals surface area (Å²) < 4.78 is 0. The molecule has 0 bridgehead atoms. The Labute approximate surface area is 127 Å². The monoisotopic (exact) mass is 297 g/mol. The maximum absolute atomic E-state index is 9.77. The largest absolute Gasteiger partial charge is 0.506 e. The molecule has 2 aromatic heterocycles. The predicted molar refractivity (Wildman–Crippen MR) is 85.5 cm³/mol. The van der Waals surface area contributed by atoms with Crippen LogP contribution < -0.4 is 5.32 Å². The van der Waals surface area contributed by atoms with Gasteiger partial charge in [0.1, 0.15) is 16.5 Å². The van der Waals surface area contributed by atoms with Gasteiger partial charge in [-0.25, -0.2) is 4.98 Å². The fourth-order valence-electron chi connectivity index (χ4n) is 2.02. The van der Waals surface area contributed by atoms with E-state index in [0.29, 0.717) is 12.2 Å². The molecule has 106 valence electrons. The van der Waals surface area contributed by atoms with E-state index in [4.69, 9.17) is 0 Å². The van der Waals surface area contributed by atoms with Crippen LogP contribution in [0, 0.1) is 6.92 Å². The van der Waals surface area contributed by atoms with E-state index in [1.807, 2.05) is 36.6 Å². The molecule has 2 N–H and O–H groups in total. The van der Waals surface area contributed by atoms with Crippen molar-refractivity contribution in [1.29, 1.82) is 0 Å². The lowest BCUT2D eigenvalue weighted by Crippen LogP contribution is -2.02. The summed E-state index contributed by atoms with van der Waals surface area (Å²) >= 11 is 1.62. The van der Waals surface area contributed by atoms with Crippen LogP contribution in [0.4, 0.5) is 5.69 Å². The van der Waals surface area contributed by atoms with Crippen molar-refractivity contribution in [1.82, 2.24) is 9.97 Å². The Bertz CT molecular complexity index is 724. The Balaban J connectivity index is 1.70. The molecule has 3 rings (SSSR count). The standard InChI is InChI=1S/C16H15N3OS/c1-11-2-7-15(20)14(19-11)10-18-13-5-3-12(4-6-13)16-17-8-9-21-16/h2-9,18,20H,10H2,1H3. The molecule has 0 saturated carbocycles. The number of hydrogen-bond donors (Lipinski definition) is 2. The molecule has 4 nitrogen and oxygen atoms in total. The van der Waals surface area contributed by atoms with E-state index in [0.717, 1.165) is 22.0 Å². The first-order valence-corrected chi connectivity index (χ1v) is 7.49. The highest BCUT2D eigenvalue weighted by atomic mass is 32.1. The molecule has 0 amide bonds. The van der Waals surface area contributed by atoms with Gasteiger partial charge in [0.05, 0.1) is 6.54 Å². The van der Waals surface area contributed by atoms with Crippen LogP contribution >= 0.6 is 11.3 Å². The molecule has 0 radical (unpaired) electrons. The lowest BCUT2D eigenvalue weighted by Gasteiger charge is -2.08. The van der Waals surface area contributed by atoms with Crippen molar-refractivity contribution in [2.75, 3.05) is 5.32 Å². The van der Waals surface area contributed by atoms with Gasteiger partial charge < -0.3 is 10.4 Å². The summed E-state index contributed by atoms with van der Waals surface area (Å²) in [6.07, 6.45) is 1.80. The van der Waals surface area contributed by atoms with E-state index in [-0.39, 0.29) is 5.75 Å². The third-order valence-electron chi connectivity index (χ3n) is 3.11. The van der Waals surface area contributed by atoms with Gasteiger partial charge in [0.2, 0.25) is 0 Å². The number of aromatic nitrogens is 2. The van der Waals surface area contributed by atoms with Crippen molar-refractivity contribution in [2.24, 2.45) is 0 Å². The summed E-state index contributed by atoms with van der Waals surface area (Å²) in [7, 11) is 0. The Morgan fingerprint density at radius 1 is 1.14 bits per heavy atom. The summed E-state index contributed by atoms with van der Waals surface area (Å²) in [5, 5.41) is 16.0. The highest BCUT2D eigenvalue weighted by Crippen LogP contribution is 2.23. The van der Waals surface area contributed by atoms with E-state index in [9.17, 15) is 5.11 Å². The first kappa shape index (κ1) is 13.6. The maximum atomic E-state index is 9.77. The SMILES string of the molecule is Cc1ccc(O)c(CNc2ccc(-c3nccs3)cc2)n1. The minimum Gasteiger partial charge on any atom is -0.506 e. The van der Waals surface area contributed by atoms with Crippen molar-refractivity contribution < 1.29 is 5.11 Å². The minimum absolute atomic E-state index is 0.215. The fourth-order valence-corrected chi connectivity index (χ4v) is 2.66. The molecule has 0 atom stereocenters. The van der Waals surface area contributed by atoms with Crippen LogP contribution in [-0.4, -0.2) is 15.1 Å². The van der Waals surface area contributed by atoms with Gasteiger partial charge in [-0.2, -0.15) is 0 Å². The minimum atomic E-state index is 0.215. The molecular formula is C16H15N3OS. The molecule has 0 saturated heterocycles. The van der Waals surface area contributed by atoms with Crippen molar-refractivity contribution >= 4 is 17.0 Å². The summed E-state index contributed by atoms with van der Waals surface area (Å²) in [5.74, 6) is 0.215. The highest BCUT2D eigenvalue weighted by Gasteiger charge is 2.04. The Kier molecular flexibility index (Phi) is 3.83. The first-order valence-electron chi connectivity index (χ1n) is 6.61. The number of hydrogen-bond acceptors (Lipinski definition) is 5. The number of benzene rings is 1. The zero-order valence-electron chi connectivity index (χ0n) is 11.6. The van der Waals surface area contributed by atoms with Crippen molar-refractivity contribution in [3.8, 4) is 16.3 Å².